The Morgan fingerprint density at radius 1 is 1.23 bits per heavy atom. The number of hydrogen-bond acceptors (Lipinski definition) is 1. The second-order valence-electron chi connectivity index (χ2n) is 4.74. The average molecular weight is 198 g/mol. The van der Waals surface area contributed by atoms with Crippen molar-refractivity contribution in [2.24, 2.45) is 0 Å². The number of aliphatic hydroxyl groups is 1. The maximum Gasteiger partial charge on any atom is 0.0649 e. The topological polar surface area (TPSA) is 20.2 Å². The van der Waals surface area contributed by atoms with Gasteiger partial charge in [0.25, 0.3) is 0 Å². The molecule has 0 saturated heterocycles. The summed E-state index contributed by atoms with van der Waals surface area (Å²) in [6.45, 7) is 9.01. The van der Waals surface area contributed by atoms with E-state index in [4.69, 9.17) is 0 Å². The van der Waals surface area contributed by atoms with Crippen molar-refractivity contribution in [2.75, 3.05) is 0 Å². The van der Waals surface area contributed by atoms with Crippen LogP contribution < -0.4 is 0 Å². The molecule has 1 atom stereocenters. The van der Waals surface area contributed by atoms with E-state index in [1.54, 1.807) is 0 Å². The van der Waals surface area contributed by atoms with Gasteiger partial charge in [0.2, 0.25) is 0 Å². The Bertz CT molecular complexity index is 182. The van der Waals surface area contributed by atoms with Gasteiger partial charge < -0.3 is 5.11 Å². The summed E-state index contributed by atoms with van der Waals surface area (Å²) in [6, 6.07) is 1.05. The zero-order chi connectivity index (χ0) is 10.3. The lowest BCUT2D eigenvalue weighted by Crippen LogP contribution is -2.17. The second kappa shape index (κ2) is 6.23. The van der Waals surface area contributed by atoms with Crippen LogP contribution in [0.25, 0.3) is 0 Å². The lowest BCUT2D eigenvalue weighted by molar-refractivity contribution is 0.169. The fraction of sp³-hybridized carbons (Fsp3) is 0.818. The summed E-state index contributed by atoms with van der Waals surface area (Å²) >= 11 is 0. The van der Waals surface area contributed by atoms with Gasteiger partial charge in [0.1, 0.15) is 0 Å². The van der Waals surface area contributed by atoms with Gasteiger partial charge >= 0.3 is 0 Å². The third kappa shape index (κ3) is 9.65. The molecule has 0 spiro atoms. The predicted octanol–water partition coefficient (Wildman–Crippen LogP) is 2.88. The fourth-order valence-electron chi connectivity index (χ4n) is 0.953. The highest BCUT2D eigenvalue weighted by Crippen LogP contribution is 2.06. The molecule has 0 aliphatic rings. The van der Waals surface area contributed by atoms with Gasteiger partial charge in [-0.15, -0.1) is 11.8 Å². The molecule has 76 valence electrons. The molecule has 0 fully saturated rings. The fourth-order valence-corrected chi connectivity index (χ4v) is 1.61. The van der Waals surface area contributed by atoms with Crippen LogP contribution >= 0.6 is 0 Å². The first-order chi connectivity index (χ1) is 5.95. The molecule has 0 aliphatic carbocycles. The summed E-state index contributed by atoms with van der Waals surface area (Å²) in [5, 5.41) is 9.39. The molecule has 1 unspecified atom stereocenters. The Labute approximate surface area is 83.6 Å². The summed E-state index contributed by atoms with van der Waals surface area (Å²) in [5.74, 6) is 6.23. The smallest absolute Gasteiger partial charge is 0.0649 e. The molecule has 0 aromatic carbocycles. The van der Waals surface area contributed by atoms with Crippen LogP contribution in [0.2, 0.25) is 25.7 Å². The zero-order valence-electron chi connectivity index (χ0n) is 9.35. The van der Waals surface area contributed by atoms with Gasteiger partial charge in [-0.2, -0.15) is 0 Å². The van der Waals surface area contributed by atoms with Crippen LogP contribution in [0.3, 0.4) is 0 Å². The molecule has 0 rings (SSSR count). The lowest BCUT2D eigenvalue weighted by Gasteiger charge is -2.09. The maximum atomic E-state index is 9.39. The molecular formula is C11H22OSi. The SMILES string of the molecule is CCCC(O)CC#CC[Si](C)(C)C. The van der Waals surface area contributed by atoms with Crippen molar-refractivity contribution in [2.45, 2.75) is 58.0 Å². The van der Waals surface area contributed by atoms with Gasteiger partial charge in [-0.25, -0.2) is 0 Å². The third-order valence-electron chi connectivity index (χ3n) is 1.70. The molecule has 0 saturated carbocycles. The molecule has 0 bridgehead atoms. The molecule has 2 heteroatoms. The second-order valence-corrected chi connectivity index (χ2v) is 10.2. The van der Waals surface area contributed by atoms with Crippen LogP contribution in [0.5, 0.6) is 0 Å². The highest BCUT2D eigenvalue weighted by Gasteiger charge is 2.09. The van der Waals surface area contributed by atoms with Crippen molar-refractivity contribution >= 4 is 8.07 Å². The van der Waals surface area contributed by atoms with E-state index < -0.39 is 8.07 Å². The van der Waals surface area contributed by atoms with Crippen molar-refractivity contribution in [3.63, 3.8) is 0 Å². The highest BCUT2D eigenvalue weighted by molar-refractivity contribution is 6.76. The van der Waals surface area contributed by atoms with E-state index in [0.717, 1.165) is 18.9 Å². The van der Waals surface area contributed by atoms with Crippen LogP contribution in [0.4, 0.5) is 0 Å². The summed E-state index contributed by atoms with van der Waals surface area (Å²) in [6.07, 6.45) is 2.36. The van der Waals surface area contributed by atoms with Crippen LogP contribution in [0.15, 0.2) is 0 Å². The minimum absolute atomic E-state index is 0.209. The van der Waals surface area contributed by atoms with E-state index in [2.05, 4.69) is 38.4 Å². The lowest BCUT2D eigenvalue weighted by atomic mass is 10.1. The monoisotopic (exact) mass is 198 g/mol. The Morgan fingerprint density at radius 2 is 1.85 bits per heavy atom. The van der Waals surface area contributed by atoms with Crippen LogP contribution in [0.1, 0.15) is 26.2 Å². The first-order valence-electron chi connectivity index (χ1n) is 5.09. The van der Waals surface area contributed by atoms with E-state index in [-0.39, 0.29) is 6.10 Å². The zero-order valence-corrected chi connectivity index (χ0v) is 10.4. The molecule has 1 nitrogen and oxygen atoms in total. The molecule has 1 N–H and O–H groups in total. The molecule has 13 heavy (non-hydrogen) atoms. The van der Waals surface area contributed by atoms with Crippen molar-refractivity contribution in [1.82, 2.24) is 0 Å². The van der Waals surface area contributed by atoms with E-state index >= 15 is 0 Å². The largest absolute Gasteiger partial charge is 0.392 e. The van der Waals surface area contributed by atoms with Crippen molar-refractivity contribution in [3.05, 3.63) is 0 Å². The van der Waals surface area contributed by atoms with E-state index in [1.807, 2.05) is 0 Å². The van der Waals surface area contributed by atoms with Crippen LogP contribution in [-0.2, 0) is 0 Å². The minimum atomic E-state index is -1.00. The van der Waals surface area contributed by atoms with E-state index in [9.17, 15) is 5.11 Å². The predicted molar refractivity (Wildman–Crippen MR) is 61.5 cm³/mol. The van der Waals surface area contributed by atoms with Gasteiger partial charge in [0.15, 0.2) is 0 Å². The van der Waals surface area contributed by atoms with Crippen molar-refractivity contribution < 1.29 is 5.11 Å². The number of aliphatic hydroxyl groups excluding tert-OH is 1. The van der Waals surface area contributed by atoms with Gasteiger partial charge in [-0.3, -0.25) is 0 Å². The first kappa shape index (κ1) is 12.7. The minimum Gasteiger partial charge on any atom is -0.392 e. The van der Waals surface area contributed by atoms with Crippen molar-refractivity contribution in [1.29, 1.82) is 0 Å². The van der Waals surface area contributed by atoms with Crippen LogP contribution in [-0.4, -0.2) is 19.3 Å². The van der Waals surface area contributed by atoms with E-state index in [1.165, 1.54) is 0 Å². The Hall–Kier alpha value is -0.263. The summed E-state index contributed by atoms with van der Waals surface area (Å²) in [5.41, 5.74) is 0. The standard InChI is InChI=1S/C11H22OSi/c1-5-8-11(12)9-6-7-10-13(2,3)4/h11-12H,5,8-10H2,1-4H3. The van der Waals surface area contributed by atoms with Gasteiger partial charge in [-0.1, -0.05) is 33.0 Å². The quantitative estimate of drug-likeness (QED) is 0.544. The first-order valence-corrected chi connectivity index (χ1v) is 8.80. The normalized spacial score (nSPS) is 13.3. The molecule has 0 aromatic rings. The Kier molecular flexibility index (Phi) is 6.10. The Morgan fingerprint density at radius 3 is 2.31 bits per heavy atom. The summed E-state index contributed by atoms with van der Waals surface area (Å²) < 4.78 is 0. The number of hydrogen-bond donors (Lipinski definition) is 1. The van der Waals surface area contributed by atoms with Crippen molar-refractivity contribution in [3.8, 4) is 11.8 Å². The summed E-state index contributed by atoms with van der Waals surface area (Å²) in [7, 11) is -1.00. The number of rotatable bonds is 4. The van der Waals surface area contributed by atoms with Gasteiger partial charge in [0, 0.05) is 12.5 Å². The van der Waals surface area contributed by atoms with E-state index in [0.29, 0.717) is 6.42 Å². The molecule has 0 heterocycles. The molecule has 0 amide bonds. The average Bonchev–Trinajstić information content (AvgIpc) is 1.97. The summed E-state index contributed by atoms with van der Waals surface area (Å²) in [4.78, 5) is 0. The molecule has 0 aliphatic heterocycles. The molecule has 0 radical (unpaired) electrons. The van der Waals surface area contributed by atoms with Crippen LogP contribution in [0, 0.1) is 11.8 Å². The molecular weight excluding hydrogens is 176 g/mol. The van der Waals surface area contributed by atoms with Gasteiger partial charge in [-0.05, 0) is 6.42 Å². The highest BCUT2D eigenvalue weighted by atomic mass is 28.3. The Balaban J connectivity index is 3.61. The van der Waals surface area contributed by atoms with Gasteiger partial charge in [0.05, 0.1) is 14.2 Å². The molecule has 0 aromatic heterocycles. The third-order valence-corrected chi connectivity index (χ3v) is 2.94. The maximum absolute atomic E-state index is 9.39.